The van der Waals surface area contributed by atoms with Crippen LogP contribution in [0.4, 0.5) is 5.00 Å². The fraction of sp³-hybridized carbons (Fsp3) is 0.217. The van der Waals surface area contributed by atoms with Crippen LogP contribution in [0.25, 0.3) is 6.08 Å². The number of ether oxygens (including phenoxy) is 1. The Kier molecular flexibility index (Phi) is 6.42. The van der Waals surface area contributed by atoms with Crippen LogP contribution in [0.1, 0.15) is 31.2 Å². The van der Waals surface area contributed by atoms with E-state index in [1.165, 1.54) is 30.1 Å². The molecule has 1 amide bonds. The second-order valence-corrected chi connectivity index (χ2v) is 9.07. The maximum atomic E-state index is 12.5. The van der Waals surface area contributed by atoms with Gasteiger partial charge < -0.3 is 10.1 Å². The first kappa shape index (κ1) is 20.5. The summed E-state index contributed by atoms with van der Waals surface area (Å²) in [6, 6.07) is 14.2. The molecule has 0 bridgehead atoms. The Morgan fingerprint density at radius 2 is 2.03 bits per heavy atom. The van der Waals surface area contributed by atoms with Gasteiger partial charge in [-0.2, -0.15) is 0 Å². The average molecular weight is 439 g/mol. The molecule has 1 aliphatic heterocycles. The van der Waals surface area contributed by atoms with Gasteiger partial charge in [-0.3, -0.25) is 9.69 Å². The molecule has 0 saturated carbocycles. The Morgan fingerprint density at radius 3 is 2.77 bits per heavy atom. The Bertz CT molecular complexity index is 1060. The third-order valence-electron chi connectivity index (χ3n) is 4.95. The predicted octanol–water partition coefficient (Wildman–Crippen LogP) is 4.81. The number of amides is 1. The highest BCUT2D eigenvalue weighted by Crippen LogP contribution is 2.38. The van der Waals surface area contributed by atoms with E-state index in [9.17, 15) is 9.59 Å². The molecule has 30 heavy (non-hydrogen) atoms. The quantitative estimate of drug-likeness (QED) is 0.443. The number of thiophene rings is 2. The molecule has 5 nitrogen and oxygen atoms in total. The second kappa shape index (κ2) is 9.38. The lowest BCUT2D eigenvalue weighted by atomic mass is 10.0. The lowest BCUT2D eigenvalue weighted by molar-refractivity contribution is -0.111. The van der Waals surface area contributed by atoms with Crippen molar-refractivity contribution in [2.75, 3.05) is 19.0 Å². The number of methoxy groups -OCH3 is 1. The first-order valence-corrected chi connectivity index (χ1v) is 11.4. The van der Waals surface area contributed by atoms with Crippen LogP contribution in [-0.2, 0) is 29.0 Å². The molecular formula is C23H22N2O3S2. The van der Waals surface area contributed by atoms with E-state index in [0.717, 1.165) is 41.4 Å². The fourth-order valence-electron chi connectivity index (χ4n) is 3.54. The highest BCUT2D eigenvalue weighted by atomic mass is 32.1. The normalized spacial score (nSPS) is 13.9. The van der Waals surface area contributed by atoms with Crippen molar-refractivity contribution in [3.05, 3.63) is 80.4 Å². The van der Waals surface area contributed by atoms with Crippen molar-refractivity contribution in [2.24, 2.45) is 0 Å². The summed E-state index contributed by atoms with van der Waals surface area (Å²) < 4.78 is 5.01. The van der Waals surface area contributed by atoms with E-state index < -0.39 is 5.97 Å². The van der Waals surface area contributed by atoms with Crippen LogP contribution in [0.2, 0.25) is 0 Å². The lowest BCUT2D eigenvalue weighted by Crippen LogP contribution is -2.29. The SMILES string of the molecule is COC(=O)c1c(NC(=O)/C=C/c2cccs2)sc2c1CCN(Cc1ccccc1)C2. The van der Waals surface area contributed by atoms with E-state index in [2.05, 4.69) is 22.3 Å². The number of carbonyl (C=O) groups excluding carboxylic acids is 2. The summed E-state index contributed by atoms with van der Waals surface area (Å²) in [5.41, 5.74) is 2.75. The van der Waals surface area contributed by atoms with Crippen molar-refractivity contribution in [2.45, 2.75) is 19.5 Å². The number of benzene rings is 1. The van der Waals surface area contributed by atoms with Gasteiger partial charge in [0.15, 0.2) is 0 Å². The van der Waals surface area contributed by atoms with Gasteiger partial charge in [0.05, 0.1) is 12.7 Å². The molecule has 1 N–H and O–H groups in total. The molecule has 2 aromatic heterocycles. The standard InChI is InChI=1S/C23H22N2O3S2/c1-28-23(27)21-18-11-12-25(14-16-6-3-2-4-7-16)15-19(18)30-22(21)24-20(26)10-9-17-8-5-13-29-17/h2-10,13H,11-12,14-15H2,1H3,(H,24,26)/b10-9+. The van der Waals surface area contributed by atoms with Gasteiger partial charge in [0, 0.05) is 35.5 Å². The zero-order valence-corrected chi connectivity index (χ0v) is 18.2. The maximum Gasteiger partial charge on any atom is 0.341 e. The van der Waals surface area contributed by atoms with Gasteiger partial charge in [0.25, 0.3) is 0 Å². The number of fused-ring (bicyclic) bond motifs is 1. The summed E-state index contributed by atoms with van der Waals surface area (Å²) in [6.07, 6.45) is 4.02. The molecule has 1 aliphatic rings. The molecule has 7 heteroatoms. The van der Waals surface area contributed by atoms with Crippen LogP contribution >= 0.6 is 22.7 Å². The van der Waals surface area contributed by atoms with Crippen LogP contribution in [0, 0.1) is 0 Å². The minimum Gasteiger partial charge on any atom is -0.465 e. The van der Waals surface area contributed by atoms with Crippen molar-refractivity contribution < 1.29 is 14.3 Å². The summed E-state index contributed by atoms with van der Waals surface area (Å²) in [4.78, 5) is 29.4. The van der Waals surface area contributed by atoms with Crippen molar-refractivity contribution >= 4 is 45.6 Å². The van der Waals surface area contributed by atoms with Crippen molar-refractivity contribution in [3.63, 3.8) is 0 Å². The lowest BCUT2D eigenvalue weighted by Gasteiger charge is -2.27. The molecule has 4 rings (SSSR count). The monoisotopic (exact) mass is 438 g/mol. The minimum absolute atomic E-state index is 0.256. The van der Waals surface area contributed by atoms with Crippen LogP contribution in [0.3, 0.4) is 0 Å². The Balaban J connectivity index is 1.53. The van der Waals surface area contributed by atoms with Crippen LogP contribution in [0.5, 0.6) is 0 Å². The Morgan fingerprint density at radius 1 is 1.20 bits per heavy atom. The molecule has 0 saturated heterocycles. The number of carbonyl (C=O) groups is 2. The van der Waals surface area contributed by atoms with Gasteiger partial charge in [0.2, 0.25) is 5.91 Å². The minimum atomic E-state index is -0.401. The van der Waals surface area contributed by atoms with Gasteiger partial charge in [0.1, 0.15) is 5.00 Å². The van der Waals surface area contributed by atoms with E-state index in [0.29, 0.717) is 10.6 Å². The topological polar surface area (TPSA) is 58.6 Å². The fourth-order valence-corrected chi connectivity index (χ4v) is 5.44. The first-order chi connectivity index (χ1) is 14.6. The smallest absolute Gasteiger partial charge is 0.341 e. The predicted molar refractivity (Wildman–Crippen MR) is 122 cm³/mol. The van der Waals surface area contributed by atoms with Crippen LogP contribution in [-0.4, -0.2) is 30.4 Å². The summed E-state index contributed by atoms with van der Waals surface area (Å²) in [5, 5.41) is 5.41. The van der Waals surface area contributed by atoms with E-state index in [1.807, 2.05) is 35.7 Å². The number of hydrogen-bond acceptors (Lipinski definition) is 6. The number of nitrogens with one attached hydrogen (secondary N) is 1. The third-order valence-corrected chi connectivity index (χ3v) is 6.92. The Labute approximate surface area is 183 Å². The molecule has 3 heterocycles. The van der Waals surface area contributed by atoms with Crippen molar-refractivity contribution in [3.8, 4) is 0 Å². The second-order valence-electron chi connectivity index (χ2n) is 6.98. The molecule has 3 aromatic rings. The average Bonchev–Trinajstić information content (AvgIpc) is 3.39. The summed E-state index contributed by atoms with van der Waals surface area (Å²) in [6.45, 7) is 2.46. The highest BCUT2D eigenvalue weighted by Gasteiger charge is 2.29. The number of hydrogen-bond donors (Lipinski definition) is 1. The molecule has 0 radical (unpaired) electrons. The van der Waals surface area contributed by atoms with E-state index in [1.54, 1.807) is 17.4 Å². The van der Waals surface area contributed by atoms with Gasteiger partial charge in [-0.1, -0.05) is 36.4 Å². The number of rotatable bonds is 6. The van der Waals surface area contributed by atoms with Gasteiger partial charge in [-0.15, -0.1) is 22.7 Å². The summed E-state index contributed by atoms with van der Waals surface area (Å²) in [5.74, 6) is -0.658. The van der Waals surface area contributed by atoms with Gasteiger partial charge >= 0.3 is 5.97 Å². The van der Waals surface area contributed by atoms with Crippen molar-refractivity contribution in [1.29, 1.82) is 0 Å². The molecular weight excluding hydrogens is 416 g/mol. The molecule has 154 valence electrons. The molecule has 0 aliphatic carbocycles. The third kappa shape index (κ3) is 4.70. The van der Waals surface area contributed by atoms with Crippen LogP contribution in [0.15, 0.2) is 53.9 Å². The van der Waals surface area contributed by atoms with Gasteiger partial charge in [-0.25, -0.2) is 4.79 Å². The zero-order chi connectivity index (χ0) is 20.9. The summed E-state index contributed by atoms with van der Waals surface area (Å²) in [7, 11) is 1.37. The summed E-state index contributed by atoms with van der Waals surface area (Å²) >= 11 is 3.03. The number of anilines is 1. The largest absolute Gasteiger partial charge is 0.465 e. The van der Waals surface area contributed by atoms with Crippen molar-refractivity contribution in [1.82, 2.24) is 4.90 Å². The number of esters is 1. The molecule has 1 aromatic carbocycles. The molecule has 0 atom stereocenters. The van der Waals surface area contributed by atoms with Gasteiger partial charge in [-0.05, 0) is 35.1 Å². The first-order valence-electron chi connectivity index (χ1n) is 9.65. The molecule has 0 spiro atoms. The highest BCUT2D eigenvalue weighted by molar-refractivity contribution is 7.17. The van der Waals surface area contributed by atoms with E-state index in [-0.39, 0.29) is 5.91 Å². The van der Waals surface area contributed by atoms with E-state index in [4.69, 9.17) is 4.74 Å². The maximum absolute atomic E-state index is 12.5. The molecule has 0 fully saturated rings. The zero-order valence-electron chi connectivity index (χ0n) is 16.6. The van der Waals surface area contributed by atoms with E-state index >= 15 is 0 Å². The molecule has 0 unspecified atom stereocenters. The Hall–Kier alpha value is -2.74. The number of nitrogens with zero attached hydrogens (tertiary/aromatic N) is 1. The van der Waals surface area contributed by atoms with Crippen LogP contribution < -0.4 is 5.32 Å².